The Morgan fingerprint density at radius 3 is 2.76 bits per heavy atom. The molecule has 0 spiro atoms. The van der Waals surface area contributed by atoms with Crippen LogP contribution in [0.4, 0.5) is 0 Å². The first kappa shape index (κ1) is 22.1. The largest absolute Gasteiger partial charge is 0.451 e. The summed E-state index contributed by atoms with van der Waals surface area (Å²) in [4.78, 5) is 21.8. The van der Waals surface area contributed by atoms with Gasteiger partial charge in [-0.25, -0.2) is 0 Å². The van der Waals surface area contributed by atoms with Gasteiger partial charge in [0.1, 0.15) is 5.58 Å². The van der Waals surface area contributed by atoms with Crippen LogP contribution in [0, 0.1) is 13.8 Å². The molecule has 6 nitrogen and oxygen atoms in total. The number of benzene rings is 1. The molecular weight excluding hydrogens is 414 g/mol. The van der Waals surface area contributed by atoms with Crippen LogP contribution in [0.5, 0.6) is 0 Å². The van der Waals surface area contributed by atoms with E-state index in [2.05, 4.69) is 16.0 Å². The molecular formula is C27H33N3O3. The Kier molecular flexibility index (Phi) is 5.97. The van der Waals surface area contributed by atoms with Crippen LogP contribution in [0.1, 0.15) is 65.4 Å². The van der Waals surface area contributed by atoms with Crippen LogP contribution in [-0.2, 0) is 0 Å². The number of hydrogen-bond acceptors (Lipinski definition) is 5. The van der Waals surface area contributed by atoms with E-state index in [0.717, 1.165) is 41.5 Å². The van der Waals surface area contributed by atoms with Crippen molar-refractivity contribution in [2.75, 3.05) is 26.2 Å². The smallest absolute Gasteiger partial charge is 0.289 e. The van der Waals surface area contributed by atoms with Crippen molar-refractivity contribution in [3.8, 4) is 0 Å². The van der Waals surface area contributed by atoms with E-state index >= 15 is 0 Å². The Balaban J connectivity index is 1.26. The Labute approximate surface area is 195 Å². The second-order valence-corrected chi connectivity index (χ2v) is 9.84. The normalized spacial score (nSPS) is 21.4. The number of hydrogen-bond donors (Lipinski definition) is 1. The van der Waals surface area contributed by atoms with Gasteiger partial charge in [0, 0.05) is 49.0 Å². The van der Waals surface area contributed by atoms with Crippen molar-refractivity contribution in [1.82, 2.24) is 14.8 Å². The summed E-state index contributed by atoms with van der Waals surface area (Å²) in [6.45, 7) is 6.67. The first-order chi connectivity index (χ1) is 15.9. The summed E-state index contributed by atoms with van der Waals surface area (Å²) in [5.74, 6) is 0.350. The van der Waals surface area contributed by atoms with Gasteiger partial charge in [-0.1, -0.05) is 24.6 Å². The van der Waals surface area contributed by atoms with E-state index in [9.17, 15) is 9.90 Å². The number of aliphatic hydroxyl groups is 1. The Bertz CT molecular complexity index is 1130. The van der Waals surface area contributed by atoms with Gasteiger partial charge in [0.2, 0.25) is 0 Å². The number of carbonyl (C=O) groups is 1. The highest BCUT2D eigenvalue weighted by molar-refractivity contribution is 5.99. The van der Waals surface area contributed by atoms with Crippen LogP contribution in [0.3, 0.4) is 0 Å². The van der Waals surface area contributed by atoms with E-state index in [1.54, 1.807) is 0 Å². The number of aryl methyl sites for hydroxylation is 2. The molecule has 1 amide bonds. The minimum Gasteiger partial charge on any atom is -0.451 e. The lowest BCUT2D eigenvalue weighted by molar-refractivity contribution is -0.0543. The maximum Gasteiger partial charge on any atom is 0.289 e. The predicted octanol–water partition coefficient (Wildman–Crippen LogP) is 4.64. The molecule has 2 saturated heterocycles. The molecule has 2 aliphatic rings. The highest BCUT2D eigenvalue weighted by atomic mass is 16.3. The first-order valence-electron chi connectivity index (χ1n) is 12.1. The Hall–Kier alpha value is -2.70. The minimum atomic E-state index is -0.783. The molecule has 1 N–H and O–H groups in total. The Morgan fingerprint density at radius 1 is 1.18 bits per heavy atom. The molecule has 1 atom stereocenters. The number of furan rings is 1. The lowest BCUT2D eigenvalue weighted by Gasteiger charge is -2.44. The fourth-order valence-corrected chi connectivity index (χ4v) is 5.47. The highest BCUT2D eigenvalue weighted by Crippen LogP contribution is 2.35. The van der Waals surface area contributed by atoms with Gasteiger partial charge in [0.15, 0.2) is 5.76 Å². The van der Waals surface area contributed by atoms with Crippen molar-refractivity contribution >= 4 is 16.9 Å². The average molecular weight is 448 g/mol. The number of carbonyl (C=O) groups excluding carboxylic acids is 1. The topological polar surface area (TPSA) is 69.8 Å². The van der Waals surface area contributed by atoms with Crippen LogP contribution in [0.15, 0.2) is 47.1 Å². The molecule has 0 aliphatic carbocycles. The quantitative estimate of drug-likeness (QED) is 0.631. The SMILES string of the molecule is Cc1ccc2c(C)c(C(=O)N3CCC(O)(CN4CCCC[C@H]4c4cccnc4)CC3)oc2c1. The molecule has 0 bridgehead atoms. The van der Waals surface area contributed by atoms with Gasteiger partial charge in [-0.3, -0.25) is 14.7 Å². The number of amides is 1. The lowest BCUT2D eigenvalue weighted by atomic mass is 9.88. The number of likely N-dealkylation sites (tertiary alicyclic amines) is 2. The molecule has 2 aliphatic heterocycles. The second kappa shape index (κ2) is 8.92. The van der Waals surface area contributed by atoms with Crippen molar-refractivity contribution < 1.29 is 14.3 Å². The average Bonchev–Trinajstić information content (AvgIpc) is 3.15. The summed E-state index contributed by atoms with van der Waals surface area (Å²) >= 11 is 0. The van der Waals surface area contributed by atoms with Gasteiger partial charge >= 0.3 is 0 Å². The van der Waals surface area contributed by atoms with Gasteiger partial charge in [-0.05, 0) is 69.3 Å². The minimum absolute atomic E-state index is 0.0744. The van der Waals surface area contributed by atoms with Crippen LogP contribution < -0.4 is 0 Å². The number of rotatable bonds is 4. The molecule has 33 heavy (non-hydrogen) atoms. The summed E-state index contributed by atoms with van der Waals surface area (Å²) in [5.41, 5.74) is 3.21. The van der Waals surface area contributed by atoms with Crippen LogP contribution in [-0.4, -0.2) is 57.6 Å². The standard InChI is InChI=1S/C27H33N3O3/c1-19-8-9-22-20(2)25(33-24(22)16-19)26(31)29-14-10-27(32,11-15-29)18-30-13-4-3-7-23(30)21-6-5-12-28-17-21/h5-6,8-9,12,16-17,23,32H,3-4,7,10-11,13-15,18H2,1-2H3/t23-/m0/s1. The van der Waals surface area contributed by atoms with Crippen LogP contribution in [0.25, 0.3) is 11.0 Å². The monoisotopic (exact) mass is 447 g/mol. The molecule has 2 aromatic heterocycles. The van der Waals surface area contributed by atoms with Crippen molar-refractivity contribution in [3.63, 3.8) is 0 Å². The zero-order valence-corrected chi connectivity index (χ0v) is 19.6. The molecule has 0 radical (unpaired) electrons. The molecule has 0 unspecified atom stereocenters. The van der Waals surface area contributed by atoms with Crippen molar-refractivity contribution in [2.45, 2.75) is 57.6 Å². The summed E-state index contributed by atoms with van der Waals surface area (Å²) in [7, 11) is 0. The molecule has 3 aromatic rings. The summed E-state index contributed by atoms with van der Waals surface area (Å²) in [6, 6.07) is 10.5. The third-order valence-corrected chi connectivity index (χ3v) is 7.45. The lowest BCUT2D eigenvalue weighted by Crippen LogP contribution is -2.53. The van der Waals surface area contributed by atoms with E-state index < -0.39 is 5.60 Å². The zero-order chi connectivity index (χ0) is 23.0. The van der Waals surface area contributed by atoms with Gasteiger partial charge in [-0.2, -0.15) is 0 Å². The number of β-amino-alcohol motifs (C(OH)–C–C–N with tert-alkyl or cyclic N) is 1. The number of pyridine rings is 1. The third-order valence-electron chi connectivity index (χ3n) is 7.45. The Morgan fingerprint density at radius 2 is 2.00 bits per heavy atom. The maximum atomic E-state index is 13.2. The zero-order valence-electron chi connectivity index (χ0n) is 19.6. The molecule has 2 fully saturated rings. The predicted molar refractivity (Wildman–Crippen MR) is 128 cm³/mol. The van der Waals surface area contributed by atoms with E-state index in [1.807, 2.05) is 55.4 Å². The van der Waals surface area contributed by atoms with Gasteiger partial charge in [0.25, 0.3) is 5.91 Å². The van der Waals surface area contributed by atoms with Gasteiger partial charge < -0.3 is 14.4 Å². The second-order valence-electron chi connectivity index (χ2n) is 9.84. The summed E-state index contributed by atoms with van der Waals surface area (Å²) < 4.78 is 5.96. The molecule has 1 aromatic carbocycles. The van der Waals surface area contributed by atoms with Crippen molar-refractivity contribution in [2.24, 2.45) is 0 Å². The number of piperidine rings is 2. The molecule has 4 heterocycles. The molecule has 6 heteroatoms. The molecule has 174 valence electrons. The number of aromatic nitrogens is 1. The van der Waals surface area contributed by atoms with Gasteiger partial charge in [-0.15, -0.1) is 0 Å². The highest BCUT2D eigenvalue weighted by Gasteiger charge is 2.39. The number of nitrogens with zero attached hydrogens (tertiary/aromatic N) is 3. The van der Waals surface area contributed by atoms with E-state index in [4.69, 9.17) is 4.42 Å². The van der Waals surface area contributed by atoms with E-state index in [-0.39, 0.29) is 5.91 Å². The number of fused-ring (bicyclic) bond motifs is 1. The maximum absolute atomic E-state index is 13.2. The summed E-state index contributed by atoms with van der Waals surface area (Å²) in [6.07, 6.45) is 8.36. The first-order valence-corrected chi connectivity index (χ1v) is 12.1. The van der Waals surface area contributed by atoms with Crippen LogP contribution >= 0.6 is 0 Å². The van der Waals surface area contributed by atoms with Crippen LogP contribution in [0.2, 0.25) is 0 Å². The van der Waals surface area contributed by atoms with E-state index in [1.165, 1.54) is 12.0 Å². The van der Waals surface area contributed by atoms with E-state index in [0.29, 0.717) is 44.3 Å². The van der Waals surface area contributed by atoms with Crippen molar-refractivity contribution in [3.05, 3.63) is 65.2 Å². The third kappa shape index (κ3) is 4.42. The summed E-state index contributed by atoms with van der Waals surface area (Å²) in [5, 5.41) is 12.4. The van der Waals surface area contributed by atoms with Crippen molar-refractivity contribution in [1.29, 1.82) is 0 Å². The fourth-order valence-electron chi connectivity index (χ4n) is 5.47. The van der Waals surface area contributed by atoms with Gasteiger partial charge in [0.05, 0.1) is 5.60 Å². The molecule has 5 rings (SSSR count). The molecule has 0 saturated carbocycles. The fraction of sp³-hybridized carbons (Fsp3) is 0.481.